The van der Waals surface area contributed by atoms with Crippen molar-refractivity contribution in [2.45, 2.75) is 57.7 Å². The first-order valence-electron chi connectivity index (χ1n) is 12.3. The minimum atomic E-state index is -1.19. The standard InChI is InChI=1S/C28H36N2O5/c1-27(2,3)35-26(32)30-15-9-10-19(16-30)28(4,33)18-29-25(31)34-17-24-22-13-7-5-11-20(22)21-12-6-8-14-23(21)24/h5-8,11-14,19,24,33H,9-10,15-18H2,1-4H3,(H,29,31). The molecule has 1 fully saturated rings. The van der Waals surface area contributed by atoms with Crippen molar-refractivity contribution in [2.24, 2.45) is 5.92 Å². The predicted molar refractivity (Wildman–Crippen MR) is 134 cm³/mol. The van der Waals surface area contributed by atoms with Gasteiger partial charge >= 0.3 is 12.2 Å². The number of nitrogens with one attached hydrogen (secondary N) is 1. The van der Waals surface area contributed by atoms with Gasteiger partial charge in [-0.3, -0.25) is 0 Å². The minimum Gasteiger partial charge on any atom is -0.449 e. The molecule has 2 aromatic carbocycles. The third-order valence-corrected chi connectivity index (χ3v) is 6.89. The van der Waals surface area contributed by atoms with E-state index in [4.69, 9.17) is 9.47 Å². The summed E-state index contributed by atoms with van der Waals surface area (Å²) in [4.78, 5) is 26.7. The Balaban J connectivity index is 1.31. The van der Waals surface area contributed by atoms with E-state index in [0.717, 1.165) is 24.0 Å². The predicted octanol–water partition coefficient (Wildman–Crippen LogP) is 4.92. The molecule has 2 unspecified atom stereocenters. The zero-order valence-electron chi connectivity index (χ0n) is 21.0. The van der Waals surface area contributed by atoms with Gasteiger partial charge in [-0.25, -0.2) is 9.59 Å². The molecule has 0 spiro atoms. The Morgan fingerprint density at radius 1 is 1.03 bits per heavy atom. The highest BCUT2D eigenvalue weighted by atomic mass is 16.6. The summed E-state index contributed by atoms with van der Waals surface area (Å²) in [5.41, 5.74) is 2.89. The van der Waals surface area contributed by atoms with E-state index in [0.29, 0.717) is 13.1 Å². The van der Waals surface area contributed by atoms with Crippen molar-refractivity contribution in [1.29, 1.82) is 0 Å². The monoisotopic (exact) mass is 480 g/mol. The van der Waals surface area contributed by atoms with Crippen molar-refractivity contribution in [2.75, 3.05) is 26.2 Å². The van der Waals surface area contributed by atoms with Gasteiger partial charge in [-0.2, -0.15) is 0 Å². The molecule has 35 heavy (non-hydrogen) atoms. The summed E-state index contributed by atoms with van der Waals surface area (Å²) < 4.78 is 11.1. The number of likely N-dealkylation sites (tertiary alicyclic amines) is 1. The molecule has 2 amide bonds. The second-order valence-electron chi connectivity index (χ2n) is 10.8. The van der Waals surface area contributed by atoms with E-state index in [1.165, 1.54) is 11.1 Å². The molecule has 7 heteroatoms. The number of alkyl carbamates (subject to hydrolysis) is 1. The van der Waals surface area contributed by atoms with Crippen LogP contribution in [0.4, 0.5) is 9.59 Å². The summed E-state index contributed by atoms with van der Waals surface area (Å²) in [7, 11) is 0. The van der Waals surface area contributed by atoms with Gasteiger partial charge in [0.2, 0.25) is 0 Å². The van der Waals surface area contributed by atoms with Gasteiger partial charge in [0.25, 0.3) is 0 Å². The van der Waals surface area contributed by atoms with Crippen LogP contribution < -0.4 is 5.32 Å². The minimum absolute atomic E-state index is 0.0191. The third kappa shape index (κ3) is 5.78. The maximum Gasteiger partial charge on any atom is 0.410 e. The summed E-state index contributed by atoms with van der Waals surface area (Å²) in [6, 6.07) is 16.4. The first-order chi connectivity index (χ1) is 16.5. The molecule has 1 heterocycles. The number of fused-ring (bicyclic) bond motifs is 3. The third-order valence-electron chi connectivity index (χ3n) is 6.89. The van der Waals surface area contributed by atoms with Gasteiger partial charge in [-0.15, -0.1) is 0 Å². The molecular weight excluding hydrogens is 444 g/mol. The Hall–Kier alpha value is -3.06. The fraction of sp³-hybridized carbons (Fsp3) is 0.500. The number of carbonyl (C=O) groups excluding carboxylic acids is 2. The number of hydrogen-bond acceptors (Lipinski definition) is 5. The normalized spacial score (nSPS) is 19.3. The number of aliphatic hydroxyl groups is 1. The maximum absolute atomic E-state index is 12.6. The average molecular weight is 481 g/mol. The Kier molecular flexibility index (Phi) is 7.08. The molecule has 2 atom stereocenters. The van der Waals surface area contributed by atoms with Crippen LogP contribution >= 0.6 is 0 Å². The number of carbonyl (C=O) groups is 2. The van der Waals surface area contributed by atoms with E-state index < -0.39 is 17.3 Å². The van der Waals surface area contributed by atoms with E-state index in [1.54, 1.807) is 11.8 Å². The lowest BCUT2D eigenvalue weighted by Gasteiger charge is -2.40. The van der Waals surface area contributed by atoms with E-state index >= 15 is 0 Å². The van der Waals surface area contributed by atoms with E-state index in [9.17, 15) is 14.7 Å². The summed E-state index contributed by atoms with van der Waals surface area (Å²) in [6.07, 6.45) is 0.596. The molecule has 4 rings (SSSR count). The smallest absolute Gasteiger partial charge is 0.410 e. The fourth-order valence-corrected chi connectivity index (χ4v) is 5.02. The van der Waals surface area contributed by atoms with Crippen LogP contribution in [0.2, 0.25) is 0 Å². The zero-order chi connectivity index (χ0) is 25.2. The Morgan fingerprint density at radius 3 is 2.23 bits per heavy atom. The highest BCUT2D eigenvalue weighted by Crippen LogP contribution is 2.44. The fourth-order valence-electron chi connectivity index (χ4n) is 5.02. The van der Waals surface area contributed by atoms with Crippen LogP contribution in [0, 0.1) is 5.92 Å². The molecule has 0 radical (unpaired) electrons. The summed E-state index contributed by atoms with van der Waals surface area (Å²) >= 11 is 0. The Bertz CT molecular complexity index is 1030. The first-order valence-corrected chi connectivity index (χ1v) is 12.3. The quantitative estimate of drug-likeness (QED) is 0.634. The van der Waals surface area contributed by atoms with Crippen LogP contribution in [0.3, 0.4) is 0 Å². The number of piperidine rings is 1. The second-order valence-corrected chi connectivity index (χ2v) is 10.8. The molecule has 188 valence electrons. The van der Waals surface area contributed by atoms with Crippen molar-refractivity contribution in [1.82, 2.24) is 10.2 Å². The summed E-state index contributed by atoms with van der Waals surface area (Å²) in [5, 5.41) is 13.8. The lowest BCUT2D eigenvalue weighted by atomic mass is 9.83. The number of ether oxygens (including phenoxy) is 2. The molecule has 2 aliphatic rings. The molecule has 1 aliphatic heterocycles. The van der Waals surface area contributed by atoms with Crippen LogP contribution in [-0.4, -0.2) is 59.6 Å². The van der Waals surface area contributed by atoms with E-state index in [2.05, 4.69) is 29.6 Å². The number of rotatable bonds is 5. The molecule has 0 saturated carbocycles. The lowest BCUT2D eigenvalue weighted by Crippen LogP contribution is -2.53. The van der Waals surface area contributed by atoms with E-state index in [-0.39, 0.29) is 31.1 Å². The van der Waals surface area contributed by atoms with Crippen LogP contribution in [0.1, 0.15) is 57.6 Å². The SMILES string of the molecule is CC(C)(C)OC(=O)N1CCCC(C(C)(O)CNC(=O)OCC2c3ccccc3-c3ccccc32)C1. The molecule has 2 N–H and O–H groups in total. The number of nitrogens with zero attached hydrogens (tertiary/aromatic N) is 1. The van der Waals surface area contributed by atoms with Crippen molar-refractivity contribution >= 4 is 12.2 Å². The molecule has 0 bridgehead atoms. The van der Waals surface area contributed by atoms with Crippen LogP contribution in [0.25, 0.3) is 11.1 Å². The summed E-state index contributed by atoms with van der Waals surface area (Å²) in [6.45, 7) is 8.44. The Morgan fingerprint density at radius 2 is 1.63 bits per heavy atom. The zero-order valence-corrected chi connectivity index (χ0v) is 21.0. The summed E-state index contributed by atoms with van der Waals surface area (Å²) in [5.74, 6) is -0.202. The molecular formula is C28H36N2O5. The number of amides is 2. The largest absolute Gasteiger partial charge is 0.449 e. The van der Waals surface area contributed by atoms with Gasteiger partial charge in [0.1, 0.15) is 12.2 Å². The number of hydrogen-bond donors (Lipinski definition) is 2. The topological polar surface area (TPSA) is 88.1 Å². The van der Waals surface area contributed by atoms with Crippen LogP contribution in [-0.2, 0) is 9.47 Å². The molecule has 1 saturated heterocycles. The second kappa shape index (κ2) is 9.90. The average Bonchev–Trinajstić information content (AvgIpc) is 3.14. The maximum atomic E-state index is 12.6. The highest BCUT2D eigenvalue weighted by Gasteiger charge is 2.38. The van der Waals surface area contributed by atoms with Gasteiger partial charge in [-0.05, 0) is 62.8 Å². The Labute approximate surface area is 207 Å². The first kappa shape index (κ1) is 25.0. The van der Waals surface area contributed by atoms with Gasteiger partial charge < -0.3 is 24.8 Å². The van der Waals surface area contributed by atoms with Crippen molar-refractivity contribution in [3.05, 3.63) is 59.7 Å². The molecule has 1 aliphatic carbocycles. The molecule has 2 aromatic rings. The molecule has 7 nitrogen and oxygen atoms in total. The van der Waals surface area contributed by atoms with Crippen molar-refractivity contribution < 1.29 is 24.2 Å². The van der Waals surface area contributed by atoms with Crippen molar-refractivity contribution in [3.8, 4) is 11.1 Å². The van der Waals surface area contributed by atoms with Crippen LogP contribution in [0.5, 0.6) is 0 Å². The van der Waals surface area contributed by atoms with E-state index in [1.807, 2.05) is 45.0 Å². The highest BCUT2D eigenvalue weighted by molar-refractivity contribution is 5.79. The van der Waals surface area contributed by atoms with Gasteiger partial charge in [-0.1, -0.05) is 48.5 Å². The van der Waals surface area contributed by atoms with Gasteiger partial charge in [0.05, 0.1) is 5.60 Å². The van der Waals surface area contributed by atoms with Crippen LogP contribution in [0.15, 0.2) is 48.5 Å². The molecule has 0 aromatic heterocycles. The number of benzene rings is 2. The van der Waals surface area contributed by atoms with Gasteiger partial charge in [0.15, 0.2) is 0 Å². The van der Waals surface area contributed by atoms with Crippen molar-refractivity contribution in [3.63, 3.8) is 0 Å². The van der Waals surface area contributed by atoms with Gasteiger partial charge in [0, 0.05) is 31.5 Å². The lowest BCUT2D eigenvalue weighted by molar-refractivity contribution is -0.0384.